The molecule has 2 atom stereocenters. The van der Waals surface area contributed by atoms with Crippen LogP contribution < -0.4 is 5.32 Å². The van der Waals surface area contributed by atoms with Gasteiger partial charge >= 0.3 is 0 Å². The molecule has 0 aromatic carbocycles. The third kappa shape index (κ3) is 51.1. The Hall–Kier alpha value is -3.73. The highest BCUT2D eigenvalue weighted by molar-refractivity contribution is 5.76. The minimum Gasteiger partial charge on any atom is -0.394 e. The van der Waals surface area contributed by atoms with Gasteiger partial charge in [-0.05, 0) is 109 Å². The number of nitrogens with one attached hydrogen (secondary N) is 1. The second-order valence-corrected chi connectivity index (χ2v) is 17.2. The summed E-state index contributed by atoms with van der Waals surface area (Å²) < 4.78 is 0. The minimum atomic E-state index is -0.879. The van der Waals surface area contributed by atoms with Gasteiger partial charge in [-0.2, -0.15) is 0 Å². The van der Waals surface area contributed by atoms with Gasteiger partial charge in [0.1, 0.15) is 0 Å². The first-order chi connectivity index (χ1) is 32.2. The Kier molecular flexibility index (Phi) is 51.5. The molecule has 0 aliphatic rings. The molecule has 0 fully saturated rings. The largest absolute Gasteiger partial charge is 0.394 e. The first kappa shape index (κ1) is 61.3. The van der Waals surface area contributed by atoms with Crippen molar-refractivity contribution in [1.29, 1.82) is 0 Å². The van der Waals surface area contributed by atoms with Gasteiger partial charge in [-0.1, -0.05) is 243 Å². The predicted octanol–water partition coefficient (Wildman–Crippen LogP) is 17.6. The van der Waals surface area contributed by atoms with Gasteiger partial charge in [-0.25, -0.2) is 0 Å². The minimum absolute atomic E-state index is 0.0952. The van der Waals surface area contributed by atoms with Crippen LogP contribution in [0, 0.1) is 0 Å². The predicted molar refractivity (Wildman–Crippen MR) is 289 cm³/mol. The molecular weight excluding hydrogens is 795 g/mol. The van der Waals surface area contributed by atoms with E-state index in [-0.39, 0.29) is 12.5 Å². The van der Waals surface area contributed by atoms with E-state index in [1.54, 1.807) is 6.08 Å². The third-order valence-corrected chi connectivity index (χ3v) is 11.1. The van der Waals surface area contributed by atoms with Crippen molar-refractivity contribution >= 4 is 5.91 Å². The number of carbonyl (C=O) groups excluding carboxylic acids is 1. The van der Waals surface area contributed by atoms with E-state index in [2.05, 4.69) is 153 Å². The molecule has 0 saturated heterocycles. The first-order valence-electron chi connectivity index (χ1n) is 26.5. The van der Waals surface area contributed by atoms with Crippen LogP contribution in [0.15, 0.2) is 146 Å². The van der Waals surface area contributed by atoms with Crippen LogP contribution in [0.5, 0.6) is 0 Å². The quantitative estimate of drug-likeness (QED) is 0.0421. The van der Waals surface area contributed by atoms with Crippen molar-refractivity contribution in [2.75, 3.05) is 6.61 Å². The summed E-state index contributed by atoms with van der Waals surface area (Å²) in [4.78, 5) is 12.4. The fraction of sp³-hybridized carbons (Fsp3) is 0.590. The van der Waals surface area contributed by atoms with Gasteiger partial charge < -0.3 is 15.5 Å². The standard InChI is InChI=1S/C61H99NO3/c1-3-5-7-9-11-13-15-17-19-21-22-23-24-25-26-27-28-29-30-31-32-33-34-35-36-37-38-39-40-41-43-45-47-49-51-53-55-57-61(65)62-59(58-63)60(64)56-54-52-50-48-46-44-42-20-18-16-14-12-10-8-6-4-2/h5,7,11,13,17,19,22-23,25-26,28-29,31-32,34-35,37-38,40-41,46,48,54,56,59-60,63-64H,3-4,6,8-10,12,14-16,18,20-21,24,27,30,33,36,39,42-45,47,49-53,55,57-58H2,1-2H3,(H,62,65)/b7-5-,13-11-,19-17-,23-22-,26-25-,29-28-,32-31-,35-34-,38-37-,41-40-,48-46+,56-54+. The summed E-state index contributed by atoms with van der Waals surface area (Å²) in [7, 11) is 0. The number of hydrogen-bond donors (Lipinski definition) is 3. The summed E-state index contributed by atoms with van der Waals surface area (Å²) in [5, 5.41) is 23.0. The van der Waals surface area contributed by atoms with Crippen LogP contribution in [-0.2, 0) is 4.79 Å². The van der Waals surface area contributed by atoms with Crippen molar-refractivity contribution < 1.29 is 15.0 Å². The zero-order valence-electron chi connectivity index (χ0n) is 41.9. The van der Waals surface area contributed by atoms with E-state index in [1.165, 1.54) is 83.5 Å². The molecule has 4 nitrogen and oxygen atoms in total. The van der Waals surface area contributed by atoms with Crippen LogP contribution >= 0.6 is 0 Å². The maximum Gasteiger partial charge on any atom is 0.220 e. The molecule has 0 bridgehead atoms. The van der Waals surface area contributed by atoms with Gasteiger partial charge in [0.05, 0.1) is 18.8 Å². The molecule has 0 radical (unpaired) electrons. The molecule has 0 heterocycles. The maximum absolute atomic E-state index is 12.4. The highest BCUT2D eigenvalue weighted by Gasteiger charge is 2.17. The zero-order valence-corrected chi connectivity index (χ0v) is 41.9. The molecule has 0 aromatic heterocycles. The molecule has 65 heavy (non-hydrogen) atoms. The summed E-state index contributed by atoms with van der Waals surface area (Å²) in [5.41, 5.74) is 0. The number of amides is 1. The molecule has 366 valence electrons. The first-order valence-corrected chi connectivity index (χ1v) is 26.5. The number of aliphatic hydroxyl groups excluding tert-OH is 2. The molecule has 1 amide bonds. The second kappa shape index (κ2) is 54.6. The normalized spacial score (nSPS) is 14.1. The van der Waals surface area contributed by atoms with Crippen molar-refractivity contribution in [2.24, 2.45) is 0 Å². The number of aliphatic hydroxyl groups is 2. The van der Waals surface area contributed by atoms with Crippen LogP contribution in [0.2, 0.25) is 0 Å². The molecule has 4 heteroatoms. The van der Waals surface area contributed by atoms with E-state index < -0.39 is 12.1 Å². The monoisotopic (exact) mass is 894 g/mol. The van der Waals surface area contributed by atoms with Crippen molar-refractivity contribution in [3.05, 3.63) is 146 Å². The topological polar surface area (TPSA) is 69.6 Å². The lowest BCUT2D eigenvalue weighted by molar-refractivity contribution is -0.123. The zero-order chi connectivity index (χ0) is 47.0. The lowest BCUT2D eigenvalue weighted by atomic mass is 10.1. The van der Waals surface area contributed by atoms with Crippen LogP contribution in [-0.4, -0.2) is 34.9 Å². The van der Waals surface area contributed by atoms with Gasteiger partial charge in [0.25, 0.3) is 0 Å². The summed E-state index contributed by atoms with van der Waals surface area (Å²) in [6.07, 6.45) is 86.9. The molecule has 0 aromatic rings. The lowest BCUT2D eigenvalue weighted by Crippen LogP contribution is -2.45. The Bertz CT molecular complexity index is 1380. The molecule has 0 rings (SSSR count). The van der Waals surface area contributed by atoms with E-state index in [0.29, 0.717) is 6.42 Å². The second-order valence-electron chi connectivity index (χ2n) is 17.2. The highest BCUT2D eigenvalue weighted by Crippen LogP contribution is 2.13. The molecular formula is C61H99NO3. The van der Waals surface area contributed by atoms with Gasteiger partial charge in [0.2, 0.25) is 5.91 Å². The van der Waals surface area contributed by atoms with Crippen LogP contribution in [0.4, 0.5) is 0 Å². The average molecular weight is 894 g/mol. The Balaban J connectivity index is 3.71. The summed E-state index contributed by atoms with van der Waals surface area (Å²) in [6, 6.07) is -0.658. The van der Waals surface area contributed by atoms with Crippen LogP contribution in [0.3, 0.4) is 0 Å². The van der Waals surface area contributed by atoms with E-state index >= 15 is 0 Å². The van der Waals surface area contributed by atoms with Crippen molar-refractivity contribution in [3.63, 3.8) is 0 Å². The van der Waals surface area contributed by atoms with E-state index in [4.69, 9.17) is 0 Å². The van der Waals surface area contributed by atoms with Crippen molar-refractivity contribution in [3.8, 4) is 0 Å². The Morgan fingerprint density at radius 1 is 0.385 bits per heavy atom. The van der Waals surface area contributed by atoms with Crippen LogP contribution in [0.25, 0.3) is 0 Å². The molecule has 0 aliphatic heterocycles. The molecule has 0 saturated carbocycles. The average Bonchev–Trinajstić information content (AvgIpc) is 3.31. The van der Waals surface area contributed by atoms with Crippen LogP contribution in [0.1, 0.15) is 213 Å². The number of carbonyl (C=O) groups is 1. The maximum atomic E-state index is 12.4. The van der Waals surface area contributed by atoms with Gasteiger partial charge in [-0.15, -0.1) is 0 Å². The van der Waals surface area contributed by atoms with Gasteiger partial charge in [0.15, 0.2) is 0 Å². The smallest absolute Gasteiger partial charge is 0.220 e. The molecule has 0 aliphatic carbocycles. The highest BCUT2D eigenvalue weighted by atomic mass is 16.3. The van der Waals surface area contributed by atoms with Crippen molar-refractivity contribution in [1.82, 2.24) is 5.32 Å². The summed E-state index contributed by atoms with van der Waals surface area (Å²) in [5.74, 6) is -0.0952. The lowest BCUT2D eigenvalue weighted by Gasteiger charge is -2.19. The molecule has 3 N–H and O–H groups in total. The fourth-order valence-corrected chi connectivity index (χ4v) is 7.04. The fourth-order valence-electron chi connectivity index (χ4n) is 7.04. The van der Waals surface area contributed by atoms with E-state index in [1.807, 2.05) is 6.08 Å². The number of rotatable bonds is 46. The Morgan fingerprint density at radius 3 is 1.08 bits per heavy atom. The Labute approximate surface area is 402 Å². The van der Waals surface area contributed by atoms with Gasteiger partial charge in [-0.3, -0.25) is 4.79 Å². The number of hydrogen-bond acceptors (Lipinski definition) is 3. The van der Waals surface area contributed by atoms with Crippen molar-refractivity contribution in [2.45, 2.75) is 225 Å². The number of allylic oxidation sites excluding steroid dienone is 23. The van der Waals surface area contributed by atoms with E-state index in [0.717, 1.165) is 109 Å². The Morgan fingerprint density at radius 2 is 0.692 bits per heavy atom. The number of unbranched alkanes of at least 4 members (excludes halogenated alkanes) is 17. The van der Waals surface area contributed by atoms with Gasteiger partial charge in [0, 0.05) is 6.42 Å². The molecule has 0 spiro atoms. The third-order valence-electron chi connectivity index (χ3n) is 11.1. The summed E-state index contributed by atoms with van der Waals surface area (Å²) in [6.45, 7) is 4.16. The van der Waals surface area contributed by atoms with E-state index in [9.17, 15) is 15.0 Å². The summed E-state index contributed by atoms with van der Waals surface area (Å²) >= 11 is 0. The SMILES string of the molecule is CC/C=C\C/C=C\C/C=C\C/C=C\C/C=C\C/C=C\C/C=C\C/C=C\C/C=C\C/C=C\CCCCCCCCC(=O)NC(CO)C(O)/C=C/CC/C=C/CCCCCCCCCCCC. The molecule has 2 unspecified atom stereocenters.